The molecule has 0 aromatic heterocycles. The molecular weight excluding hydrogens is 394 g/mol. The van der Waals surface area contributed by atoms with Crippen LogP contribution in [0.15, 0.2) is 36.4 Å². The Morgan fingerprint density at radius 1 is 1.11 bits per heavy atom. The molecule has 0 saturated carbocycles. The zero-order chi connectivity index (χ0) is 19.7. The normalized spacial score (nSPS) is 14.3. The van der Waals surface area contributed by atoms with Gasteiger partial charge in [-0.15, -0.1) is 0 Å². The third-order valence-corrected chi connectivity index (χ3v) is 5.05. The molecular formula is C19H15Cl2FN2O3. The number of hydrogen-bond acceptors (Lipinski definition) is 3. The number of hydrogen-bond donors (Lipinski definition) is 1. The van der Waals surface area contributed by atoms with Crippen molar-refractivity contribution in [3.8, 4) is 0 Å². The third kappa shape index (κ3) is 3.82. The van der Waals surface area contributed by atoms with Gasteiger partial charge in [-0.2, -0.15) is 0 Å². The van der Waals surface area contributed by atoms with Crippen molar-refractivity contribution in [3.63, 3.8) is 0 Å². The molecule has 0 saturated heterocycles. The van der Waals surface area contributed by atoms with Crippen molar-refractivity contribution in [2.45, 2.75) is 19.4 Å². The van der Waals surface area contributed by atoms with Crippen LogP contribution in [0.3, 0.4) is 0 Å². The van der Waals surface area contributed by atoms with Crippen molar-refractivity contribution in [1.29, 1.82) is 0 Å². The summed E-state index contributed by atoms with van der Waals surface area (Å²) in [4.78, 5) is 38.3. The van der Waals surface area contributed by atoms with Crippen LogP contribution in [-0.4, -0.2) is 35.2 Å². The minimum absolute atomic E-state index is 0.119. The lowest BCUT2D eigenvalue weighted by molar-refractivity contribution is -0.124. The lowest BCUT2D eigenvalue weighted by Gasteiger charge is -2.21. The Morgan fingerprint density at radius 2 is 1.70 bits per heavy atom. The molecule has 0 fully saturated rings. The molecule has 1 heterocycles. The van der Waals surface area contributed by atoms with E-state index in [4.69, 9.17) is 23.2 Å². The highest BCUT2D eigenvalue weighted by atomic mass is 35.5. The quantitative estimate of drug-likeness (QED) is 0.770. The van der Waals surface area contributed by atoms with E-state index in [2.05, 4.69) is 5.32 Å². The van der Waals surface area contributed by atoms with Gasteiger partial charge in [0.2, 0.25) is 5.91 Å². The zero-order valence-corrected chi connectivity index (χ0v) is 15.8. The SMILES string of the molecule is CC(C(=O)NCCc1cccc(F)c1)N1C(=O)c2cc(Cl)c(Cl)cc2C1=O. The highest BCUT2D eigenvalue weighted by Gasteiger charge is 2.41. The van der Waals surface area contributed by atoms with E-state index >= 15 is 0 Å². The number of rotatable bonds is 5. The first kappa shape index (κ1) is 19.3. The number of carbonyl (C=O) groups excluding carboxylic acids is 3. The highest BCUT2D eigenvalue weighted by Crippen LogP contribution is 2.32. The molecule has 3 rings (SSSR count). The van der Waals surface area contributed by atoms with Crippen LogP contribution in [0.2, 0.25) is 10.0 Å². The Balaban J connectivity index is 1.66. The van der Waals surface area contributed by atoms with E-state index in [1.54, 1.807) is 12.1 Å². The van der Waals surface area contributed by atoms with E-state index in [1.165, 1.54) is 31.2 Å². The average Bonchev–Trinajstić information content (AvgIpc) is 2.85. The highest BCUT2D eigenvalue weighted by molar-refractivity contribution is 6.43. The molecule has 8 heteroatoms. The van der Waals surface area contributed by atoms with E-state index < -0.39 is 23.8 Å². The van der Waals surface area contributed by atoms with Gasteiger partial charge < -0.3 is 5.32 Å². The van der Waals surface area contributed by atoms with E-state index in [9.17, 15) is 18.8 Å². The summed E-state index contributed by atoms with van der Waals surface area (Å²) in [7, 11) is 0. The van der Waals surface area contributed by atoms with Crippen molar-refractivity contribution in [2.24, 2.45) is 0 Å². The molecule has 1 unspecified atom stereocenters. The molecule has 3 amide bonds. The van der Waals surface area contributed by atoms with Crippen LogP contribution in [0.4, 0.5) is 4.39 Å². The van der Waals surface area contributed by atoms with Crippen LogP contribution in [0.1, 0.15) is 33.2 Å². The second kappa shape index (κ2) is 7.66. The van der Waals surface area contributed by atoms with E-state index in [0.717, 1.165) is 10.5 Å². The smallest absolute Gasteiger partial charge is 0.262 e. The Hall–Kier alpha value is -2.44. The topological polar surface area (TPSA) is 66.5 Å². The van der Waals surface area contributed by atoms with E-state index in [0.29, 0.717) is 6.42 Å². The van der Waals surface area contributed by atoms with Crippen LogP contribution < -0.4 is 5.32 Å². The summed E-state index contributed by atoms with van der Waals surface area (Å²) in [6.07, 6.45) is 0.420. The molecule has 0 radical (unpaired) electrons. The van der Waals surface area contributed by atoms with Crippen molar-refractivity contribution < 1.29 is 18.8 Å². The van der Waals surface area contributed by atoms with Crippen LogP contribution in [0, 0.1) is 5.82 Å². The summed E-state index contributed by atoms with van der Waals surface area (Å²) in [5.41, 5.74) is 0.968. The Labute approximate surface area is 165 Å². The van der Waals surface area contributed by atoms with Crippen molar-refractivity contribution in [1.82, 2.24) is 10.2 Å². The molecule has 2 aromatic rings. The van der Waals surface area contributed by atoms with Crippen LogP contribution in [-0.2, 0) is 11.2 Å². The van der Waals surface area contributed by atoms with Crippen LogP contribution in [0.5, 0.6) is 0 Å². The maximum Gasteiger partial charge on any atom is 0.262 e. The summed E-state index contributed by atoms with van der Waals surface area (Å²) in [6.45, 7) is 1.70. The van der Waals surface area contributed by atoms with Gasteiger partial charge in [0.05, 0.1) is 21.2 Å². The van der Waals surface area contributed by atoms with Gasteiger partial charge in [-0.1, -0.05) is 35.3 Å². The van der Waals surface area contributed by atoms with Gasteiger partial charge in [0.25, 0.3) is 11.8 Å². The molecule has 5 nitrogen and oxygen atoms in total. The number of nitrogens with one attached hydrogen (secondary N) is 1. The van der Waals surface area contributed by atoms with Gasteiger partial charge >= 0.3 is 0 Å². The van der Waals surface area contributed by atoms with Gasteiger partial charge in [0, 0.05) is 6.54 Å². The maximum absolute atomic E-state index is 13.2. The number of benzene rings is 2. The molecule has 1 N–H and O–H groups in total. The zero-order valence-electron chi connectivity index (χ0n) is 14.3. The first-order chi connectivity index (χ1) is 12.8. The Morgan fingerprint density at radius 3 is 2.26 bits per heavy atom. The molecule has 140 valence electrons. The number of imide groups is 1. The maximum atomic E-state index is 13.2. The van der Waals surface area contributed by atoms with Gasteiger partial charge in [-0.3, -0.25) is 19.3 Å². The predicted octanol–water partition coefficient (Wildman–Crippen LogP) is 3.48. The summed E-state index contributed by atoms with van der Waals surface area (Å²) in [5, 5.41) is 2.97. The standard InChI is InChI=1S/C19H15Cl2FN2O3/c1-10(17(25)23-6-5-11-3-2-4-12(22)7-11)24-18(26)13-8-15(20)16(21)9-14(13)19(24)27/h2-4,7-10H,5-6H2,1H3,(H,23,25). The van der Waals surface area contributed by atoms with Gasteiger partial charge in [-0.05, 0) is 43.2 Å². The Kier molecular flexibility index (Phi) is 5.48. The number of nitrogens with zero attached hydrogens (tertiary/aromatic N) is 1. The van der Waals surface area contributed by atoms with Crippen molar-refractivity contribution in [2.75, 3.05) is 6.54 Å². The minimum atomic E-state index is -1.01. The van der Waals surface area contributed by atoms with Gasteiger partial charge in [-0.25, -0.2) is 4.39 Å². The first-order valence-electron chi connectivity index (χ1n) is 8.18. The second-order valence-electron chi connectivity index (χ2n) is 6.14. The van der Waals surface area contributed by atoms with E-state index in [1.807, 2.05) is 0 Å². The first-order valence-corrected chi connectivity index (χ1v) is 8.94. The van der Waals surface area contributed by atoms with Crippen LogP contribution >= 0.6 is 23.2 Å². The molecule has 0 aliphatic carbocycles. The number of amides is 3. The average molecular weight is 409 g/mol. The largest absolute Gasteiger partial charge is 0.354 e. The fourth-order valence-electron chi connectivity index (χ4n) is 2.89. The third-order valence-electron chi connectivity index (χ3n) is 4.33. The molecule has 1 aliphatic rings. The van der Waals surface area contributed by atoms with Crippen molar-refractivity contribution in [3.05, 3.63) is 69.0 Å². The van der Waals surface area contributed by atoms with Gasteiger partial charge in [0.15, 0.2) is 0 Å². The number of halogens is 3. The molecule has 2 aromatic carbocycles. The lowest BCUT2D eigenvalue weighted by atomic mass is 10.1. The van der Waals surface area contributed by atoms with Crippen molar-refractivity contribution >= 4 is 40.9 Å². The summed E-state index contributed by atoms with van der Waals surface area (Å²) < 4.78 is 13.2. The summed E-state index contributed by atoms with van der Waals surface area (Å²) >= 11 is 11.8. The second-order valence-corrected chi connectivity index (χ2v) is 6.95. The minimum Gasteiger partial charge on any atom is -0.354 e. The Bertz CT molecular complexity index is 908. The summed E-state index contributed by atoms with van der Waals surface area (Å²) in [6, 6.07) is 7.70. The molecule has 1 atom stereocenters. The number of carbonyl (C=O) groups is 3. The van der Waals surface area contributed by atoms with E-state index in [-0.39, 0.29) is 33.5 Å². The molecule has 0 bridgehead atoms. The lowest BCUT2D eigenvalue weighted by Crippen LogP contribution is -2.48. The number of fused-ring (bicyclic) bond motifs is 1. The molecule has 27 heavy (non-hydrogen) atoms. The summed E-state index contributed by atoms with van der Waals surface area (Å²) in [5.74, 6) is -2.03. The predicted molar refractivity (Wildman–Crippen MR) is 99.5 cm³/mol. The fourth-order valence-corrected chi connectivity index (χ4v) is 3.22. The molecule has 1 aliphatic heterocycles. The van der Waals surface area contributed by atoms with Crippen LogP contribution in [0.25, 0.3) is 0 Å². The fraction of sp³-hybridized carbons (Fsp3) is 0.211. The monoisotopic (exact) mass is 408 g/mol. The van der Waals surface area contributed by atoms with Gasteiger partial charge in [0.1, 0.15) is 11.9 Å². The molecule has 0 spiro atoms.